The maximum atomic E-state index is 13.0. The summed E-state index contributed by atoms with van der Waals surface area (Å²) in [7, 11) is -4.19. The van der Waals surface area contributed by atoms with E-state index >= 15 is 0 Å². The van der Waals surface area contributed by atoms with Gasteiger partial charge in [0, 0.05) is 32.4 Å². The fourth-order valence-electron chi connectivity index (χ4n) is 3.47. The Kier molecular flexibility index (Phi) is 6.57. The van der Waals surface area contributed by atoms with E-state index in [1.165, 1.54) is 12.1 Å². The van der Waals surface area contributed by atoms with Crippen LogP contribution in [0, 0.1) is 6.92 Å². The largest absolute Gasteiger partial charge is 0.573 e. The van der Waals surface area contributed by atoms with Crippen LogP contribution in [0.2, 0.25) is 0 Å². The Bertz CT molecular complexity index is 1250. The van der Waals surface area contributed by atoms with Crippen molar-refractivity contribution in [3.63, 3.8) is 0 Å². The number of pyridine rings is 1. The lowest BCUT2D eigenvalue weighted by Crippen LogP contribution is -2.49. The summed E-state index contributed by atoms with van der Waals surface area (Å²) in [4.78, 5) is 5.53. The summed E-state index contributed by atoms with van der Waals surface area (Å²) in [6, 6.07) is 11.9. The molecular formula is C21H21F3N6O3S. The number of alkyl halides is 3. The van der Waals surface area contributed by atoms with E-state index in [0.29, 0.717) is 30.5 Å². The van der Waals surface area contributed by atoms with Gasteiger partial charge in [0.05, 0.1) is 0 Å². The fourth-order valence-corrected chi connectivity index (χ4v) is 5.00. The summed E-state index contributed by atoms with van der Waals surface area (Å²) >= 11 is 0. The van der Waals surface area contributed by atoms with Gasteiger partial charge in [-0.3, -0.25) is 0 Å². The highest BCUT2D eigenvalue weighted by molar-refractivity contribution is 7.89. The van der Waals surface area contributed by atoms with E-state index in [1.807, 2.05) is 24.0 Å². The first-order valence-electron chi connectivity index (χ1n) is 10.3. The molecule has 1 aliphatic heterocycles. The Labute approximate surface area is 194 Å². The predicted molar refractivity (Wildman–Crippen MR) is 118 cm³/mol. The van der Waals surface area contributed by atoms with E-state index in [2.05, 4.69) is 25.2 Å². The van der Waals surface area contributed by atoms with Crippen LogP contribution in [0.3, 0.4) is 0 Å². The van der Waals surface area contributed by atoms with E-state index in [0.717, 1.165) is 22.0 Å². The van der Waals surface area contributed by atoms with Crippen molar-refractivity contribution < 1.29 is 26.3 Å². The van der Waals surface area contributed by atoms with Gasteiger partial charge in [-0.2, -0.15) is 4.31 Å². The fraction of sp³-hybridized carbons (Fsp3) is 0.286. The quantitative estimate of drug-likeness (QED) is 0.557. The van der Waals surface area contributed by atoms with Crippen LogP contribution in [0.4, 0.5) is 30.6 Å². The summed E-state index contributed by atoms with van der Waals surface area (Å²) in [5, 5.41) is 11.4. The van der Waals surface area contributed by atoms with Crippen molar-refractivity contribution in [1.29, 1.82) is 0 Å². The maximum absolute atomic E-state index is 13.0. The van der Waals surface area contributed by atoms with Crippen molar-refractivity contribution in [1.82, 2.24) is 19.5 Å². The van der Waals surface area contributed by atoms with Crippen LogP contribution in [0.25, 0.3) is 0 Å². The zero-order valence-electron chi connectivity index (χ0n) is 18.0. The molecule has 1 N–H and O–H groups in total. The molecule has 0 aliphatic carbocycles. The summed E-state index contributed by atoms with van der Waals surface area (Å²) in [6.07, 6.45) is -3.32. The first kappa shape index (κ1) is 23.7. The number of anilines is 3. The third-order valence-electron chi connectivity index (χ3n) is 5.08. The normalized spacial score (nSPS) is 15.2. The molecule has 0 atom stereocenters. The third kappa shape index (κ3) is 5.54. The number of piperazine rings is 1. The van der Waals surface area contributed by atoms with E-state index in [-0.39, 0.29) is 13.1 Å². The molecule has 0 unspecified atom stereocenters. The first-order valence-corrected chi connectivity index (χ1v) is 11.7. The lowest BCUT2D eigenvalue weighted by atomic mass is 10.3. The molecule has 34 heavy (non-hydrogen) atoms. The molecule has 13 heteroatoms. The van der Waals surface area contributed by atoms with Crippen LogP contribution >= 0.6 is 0 Å². The number of benzene rings is 1. The number of sulfonamides is 1. The minimum Gasteiger partial charge on any atom is -0.404 e. The number of hydrogen-bond acceptors (Lipinski definition) is 8. The molecule has 0 radical (unpaired) electrons. The zero-order valence-corrected chi connectivity index (χ0v) is 18.8. The van der Waals surface area contributed by atoms with Crippen molar-refractivity contribution >= 4 is 27.5 Å². The molecule has 0 bridgehead atoms. The minimum absolute atomic E-state index is 0.0670. The van der Waals surface area contributed by atoms with Crippen molar-refractivity contribution in [3.05, 3.63) is 60.3 Å². The minimum atomic E-state index is -5.00. The summed E-state index contributed by atoms with van der Waals surface area (Å²) in [6.45, 7) is 2.67. The second-order valence-electron chi connectivity index (χ2n) is 7.51. The molecule has 3 aromatic rings. The number of nitrogens with one attached hydrogen (secondary N) is 1. The molecule has 4 rings (SSSR count). The first-order chi connectivity index (χ1) is 16.1. The number of halogens is 3. The lowest BCUT2D eigenvalue weighted by Gasteiger charge is -2.34. The summed E-state index contributed by atoms with van der Waals surface area (Å²) in [5.74, 6) is 0.940. The smallest absolute Gasteiger partial charge is 0.404 e. The van der Waals surface area contributed by atoms with Crippen LogP contribution in [0.15, 0.2) is 59.6 Å². The highest BCUT2D eigenvalue weighted by Crippen LogP contribution is 2.32. The van der Waals surface area contributed by atoms with Crippen LogP contribution in [0.5, 0.6) is 5.75 Å². The molecule has 1 fully saturated rings. The van der Waals surface area contributed by atoms with Gasteiger partial charge >= 0.3 is 6.36 Å². The topological polar surface area (TPSA) is 101 Å². The molecule has 180 valence electrons. The SMILES string of the molecule is Cc1ccnc(Nc2ccc(N3CCN(S(=O)(=O)c4ccccc4OC(F)(F)F)CC3)nn2)c1. The van der Waals surface area contributed by atoms with Crippen LogP contribution in [-0.2, 0) is 10.0 Å². The number of hydrogen-bond donors (Lipinski definition) is 1. The Morgan fingerprint density at radius 1 is 0.971 bits per heavy atom. The van der Waals surface area contributed by atoms with E-state index in [4.69, 9.17) is 0 Å². The molecule has 0 spiro atoms. The van der Waals surface area contributed by atoms with Crippen molar-refractivity contribution in [2.75, 3.05) is 36.4 Å². The second-order valence-corrected chi connectivity index (χ2v) is 9.41. The number of rotatable bonds is 6. The average Bonchev–Trinajstić information content (AvgIpc) is 2.79. The maximum Gasteiger partial charge on any atom is 0.573 e. The van der Waals surface area contributed by atoms with Gasteiger partial charge in [-0.05, 0) is 48.9 Å². The van der Waals surface area contributed by atoms with E-state index in [1.54, 1.807) is 18.3 Å². The molecule has 2 aromatic heterocycles. The van der Waals surface area contributed by atoms with Crippen LogP contribution in [-0.4, -0.2) is 60.4 Å². The van der Waals surface area contributed by atoms with Crippen molar-refractivity contribution in [2.45, 2.75) is 18.2 Å². The zero-order chi connectivity index (χ0) is 24.3. The molecule has 1 aliphatic rings. The molecular weight excluding hydrogens is 473 g/mol. The third-order valence-corrected chi connectivity index (χ3v) is 7.02. The van der Waals surface area contributed by atoms with Gasteiger partial charge in [0.25, 0.3) is 0 Å². The van der Waals surface area contributed by atoms with Gasteiger partial charge in [-0.25, -0.2) is 13.4 Å². The number of aryl methyl sites for hydroxylation is 1. The molecule has 3 heterocycles. The number of nitrogens with zero attached hydrogens (tertiary/aromatic N) is 5. The Morgan fingerprint density at radius 3 is 2.35 bits per heavy atom. The molecule has 1 saturated heterocycles. The average molecular weight is 494 g/mol. The van der Waals surface area contributed by atoms with E-state index in [9.17, 15) is 21.6 Å². The molecule has 9 nitrogen and oxygen atoms in total. The number of aromatic nitrogens is 3. The molecule has 0 amide bonds. The standard InChI is InChI=1S/C21H21F3N6O3S/c1-15-8-9-25-19(14-15)26-18-6-7-20(28-27-18)29-10-12-30(13-11-29)34(31,32)17-5-3-2-4-16(17)33-21(22,23)24/h2-9,14H,10-13H2,1H3,(H,25,26,27). The Balaban J connectivity index is 1.41. The lowest BCUT2D eigenvalue weighted by molar-refractivity contribution is -0.275. The Hall–Kier alpha value is -3.45. The van der Waals surface area contributed by atoms with Gasteiger partial charge in [-0.15, -0.1) is 23.4 Å². The molecule has 1 aromatic carbocycles. The van der Waals surface area contributed by atoms with Crippen molar-refractivity contribution in [2.24, 2.45) is 0 Å². The monoisotopic (exact) mass is 494 g/mol. The second kappa shape index (κ2) is 9.43. The van der Waals surface area contributed by atoms with Gasteiger partial charge in [0.1, 0.15) is 16.5 Å². The van der Waals surface area contributed by atoms with Crippen LogP contribution in [0.1, 0.15) is 5.56 Å². The van der Waals surface area contributed by atoms with Gasteiger partial charge in [0.2, 0.25) is 10.0 Å². The number of ether oxygens (including phenoxy) is 1. The van der Waals surface area contributed by atoms with Crippen LogP contribution < -0.4 is 15.0 Å². The predicted octanol–water partition coefficient (Wildman–Crippen LogP) is 3.33. The van der Waals surface area contributed by atoms with Gasteiger partial charge in [0.15, 0.2) is 11.6 Å². The van der Waals surface area contributed by atoms with Crippen molar-refractivity contribution in [3.8, 4) is 5.75 Å². The highest BCUT2D eigenvalue weighted by atomic mass is 32.2. The molecule has 0 saturated carbocycles. The summed E-state index contributed by atoms with van der Waals surface area (Å²) < 4.78 is 69.1. The summed E-state index contributed by atoms with van der Waals surface area (Å²) in [5.41, 5.74) is 1.04. The highest BCUT2D eigenvalue weighted by Gasteiger charge is 2.36. The number of para-hydroxylation sites is 1. The van der Waals surface area contributed by atoms with Gasteiger partial charge < -0.3 is 15.0 Å². The van der Waals surface area contributed by atoms with Gasteiger partial charge in [-0.1, -0.05) is 12.1 Å². The van der Waals surface area contributed by atoms with E-state index < -0.39 is 27.0 Å². The Morgan fingerprint density at radius 2 is 1.71 bits per heavy atom.